The molecule has 0 aliphatic carbocycles. The van der Waals surface area contributed by atoms with E-state index < -0.39 is 24.6 Å². The predicted octanol–water partition coefficient (Wildman–Crippen LogP) is 0.602. The SMILES string of the molecule is CCOC(=O)NC(=O)COC(=O)CCn1cnc2ccccc2c1=O. The Morgan fingerprint density at radius 1 is 1.20 bits per heavy atom. The molecule has 0 radical (unpaired) electrons. The molecular formula is C16H17N3O6. The van der Waals surface area contributed by atoms with Crippen molar-refractivity contribution in [3.63, 3.8) is 0 Å². The summed E-state index contributed by atoms with van der Waals surface area (Å²) in [4.78, 5) is 50.4. The van der Waals surface area contributed by atoms with Crippen LogP contribution in [0.15, 0.2) is 35.4 Å². The number of esters is 1. The van der Waals surface area contributed by atoms with Crippen molar-refractivity contribution < 1.29 is 23.9 Å². The van der Waals surface area contributed by atoms with Crippen LogP contribution in [0.5, 0.6) is 0 Å². The van der Waals surface area contributed by atoms with Crippen LogP contribution in [0.1, 0.15) is 13.3 Å². The number of imide groups is 1. The lowest BCUT2D eigenvalue weighted by molar-refractivity contribution is -0.148. The van der Waals surface area contributed by atoms with Gasteiger partial charge in [0.1, 0.15) is 0 Å². The maximum Gasteiger partial charge on any atom is 0.413 e. The van der Waals surface area contributed by atoms with E-state index in [1.165, 1.54) is 10.9 Å². The zero-order valence-electron chi connectivity index (χ0n) is 13.6. The number of ether oxygens (including phenoxy) is 2. The third kappa shape index (κ3) is 5.13. The molecule has 0 bridgehead atoms. The largest absolute Gasteiger partial charge is 0.456 e. The lowest BCUT2D eigenvalue weighted by atomic mass is 10.2. The summed E-state index contributed by atoms with van der Waals surface area (Å²) in [5.74, 6) is -1.48. The minimum absolute atomic E-state index is 0.0645. The van der Waals surface area contributed by atoms with E-state index in [9.17, 15) is 19.2 Å². The average Bonchev–Trinajstić information content (AvgIpc) is 2.60. The first-order valence-corrected chi connectivity index (χ1v) is 7.57. The molecule has 2 amide bonds. The molecule has 132 valence electrons. The summed E-state index contributed by atoms with van der Waals surface area (Å²) < 4.78 is 10.5. The zero-order chi connectivity index (χ0) is 18.2. The van der Waals surface area contributed by atoms with E-state index in [4.69, 9.17) is 4.74 Å². The minimum atomic E-state index is -0.905. The van der Waals surface area contributed by atoms with Crippen molar-refractivity contribution in [3.8, 4) is 0 Å². The first-order valence-electron chi connectivity index (χ1n) is 7.57. The fourth-order valence-electron chi connectivity index (χ4n) is 2.01. The van der Waals surface area contributed by atoms with Crippen LogP contribution >= 0.6 is 0 Å². The van der Waals surface area contributed by atoms with Gasteiger partial charge >= 0.3 is 12.1 Å². The molecular weight excluding hydrogens is 330 g/mol. The van der Waals surface area contributed by atoms with Crippen LogP contribution in [0.4, 0.5) is 4.79 Å². The summed E-state index contributed by atoms with van der Waals surface area (Å²) in [7, 11) is 0. The van der Waals surface area contributed by atoms with Crippen LogP contribution in [0.25, 0.3) is 10.9 Å². The van der Waals surface area contributed by atoms with Gasteiger partial charge in [-0.1, -0.05) is 12.1 Å². The van der Waals surface area contributed by atoms with Crippen molar-refractivity contribution in [2.45, 2.75) is 19.9 Å². The van der Waals surface area contributed by atoms with E-state index in [1.807, 2.05) is 5.32 Å². The zero-order valence-corrected chi connectivity index (χ0v) is 13.6. The minimum Gasteiger partial charge on any atom is -0.456 e. The smallest absolute Gasteiger partial charge is 0.413 e. The maximum atomic E-state index is 12.2. The number of carbonyl (C=O) groups excluding carboxylic acids is 3. The van der Waals surface area contributed by atoms with Crippen LogP contribution in [0.2, 0.25) is 0 Å². The summed E-state index contributed by atoms with van der Waals surface area (Å²) in [6.07, 6.45) is 0.329. The number of nitrogens with one attached hydrogen (secondary N) is 1. The molecule has 1 aromatic carbocycles. The van der Waals surface area contributed by atoms with E-state index in [2.05, 4.69) is 9.72 Å². The van der Waals surface area contributed by atoms with Gasteiger partial charge in [0.05, 0.1) is 30.3 Å². The molecule has 0 spiro atoms. The molecule has 1 aromatic heterocycles. The molecule has 0 aliphatic heterocycles. The molecule has 0 aliphatic rings. The number of aromatic nitrogens is 2. The average molecular weight is 347 g/mol. The standard InChI is InChI=1S/C16H17N3O6/c1-2-24-16(23)18-13(20)9-25-14(21)7-8-19-10-17-12-6-4-3-5-11(12)15(19)22/h3-6,10H,2,7-9H2,1H3,(H,18,20,23). The summed E-state index contributed by atoms with van der Waals surface area (Å²) >= 11 is 0. The second kappa shape index (κ2) is 8.57. The van der Waals surface area contributed by atoms with Crippen LogP contribution in [-0.2, 0) is 25.6 Å². The molecule has 9 heteroatoms. The van der Waals surface area contributed by atoms with Crippen molar-refractivity contribution in [1.29, 1.82) is 0 Å². The van der Waals surface area contributed by atoms with Gasteiger partial charge in [0.15, 0.2) is 6.61 Å². The molecule has 1 N–H and O–H groups in total. The van der Waals surface area contributed by atoms with Crippen molar-refractivity contribution in [2.75, 3.05) is 13.2 Å². The van der Waals surface area contributed by atoms with Gasteiger partial charge in [-0.15, -0.1) is 0 Å². The Kier molecular flexibility index (Phi) is 6.21. The number of hydrogen-bond donors (Lipinski definition) is 1. The molecule has 1 heterocycles. The number of carbonyl (C=O) groups is 3. The normalized spacial score (nSPS) is 10.3. The van der Waals surface area contributed by atoms with Crippen molar-refractivity contribution in [3.05, 3.63) is 40.9 Å². The molecule has 9 nitrogen and oxygen atoms in total. The molecule has 2 aromatic rings. The summed E-state index contributed by atoms with van der Waals surface area (Å²) in [6.45, 7) is 1.17. The van der Waals surface area contributed by atoms with Crippen molar-refractivity contribution in [1.82, 2.24) is 14.9 Å². The molecule has 0 saturated heterocycles. The number of amides is 2. The van der Waals surface area contributed by atoms with Gasteiger partial charge < -0.3 is 9.47 Å². The summed E-state index contributed by atoms with van der Waals surface area (Å²) in [5.41, 5.74) is 0.306. The molecule has 0 atom stereocenters. The molecule has 0 unspecified atom stereocenters. The Bertz CT molecular complexity index is 845. The lowest BCUT2D eigenvalue weighted by Gasteiger charge is -2.07. The van der Waals surface area contributed by atoms with Gasteiger partial charge in [0.2, 0.25) is 0 Å². The van der Waals surface area contributed by atoms with Gasteiger partial charge in [-0.2, -0.15) is 0 Å². The van der Waals surface area contributed by atoms with Gasteiger partial charge in [0, 0.05) is 6.54 Å². The highest BCUT2D eigenvalue weighted by Crippen LogP contribution is 2.04. The van der Waals surface area contributed by atoms with Gasteiger partial charge in [0.25, 0.3) is 11.5 Å². The quantitative estimate of drug-likeness (QED) is 0.761. The van der Waals surface area contributed by atoms with E-state index in [1.54, 1.807) is 31.2 Å². The fourth-order valence-corrected chi connectivity index (χ4v) is 2.01. The maximum absolute atomic E-state index is 12.2. The van der Waals surface area contributed by atoms with E-state index in [0.29, 0.717) is 10.9 Å². The Hall–Kier alpha value is -3.23. The van der Waals surface area contributed by atoms with E-state index in [-0.39, 0.29) is 25.1 Å². The van der Waals surface area contributed by atoms with Crippen LogP contribution < -0.4 is 10.9 Å². The number of aryl methyl sites for hydroxylation is 1. The van der Waals surface area contributed by atoms with Gasteiger partial charge in [-0.25, -0.2) is 9.78 Å². The predicted molar refractivity (Wildman–Crippen MR) is 86.7 cm³/mol. The highest BCUT2D eigenvalue weighted by atomic mass is 16.6. The van der Waals surface area contributed by atoms with Crippen LogP contribution in [0.3, 0.4) is 0 Å². The second-order valence-corrected chi connectivity index (χ2v) is 4.94. The number of fused-ring (bicyclic) bond motifs is 1. The molecule has 2 rings (SSSR count). The number of alkyl carbamates (subject to hydrolysis) is 1. The van der Waals surface area contributed by atoms with Gasteiger partial charge in [-0.3, -0.25) is 24.3 Å². The van der Waals surface area contributed by atoms with E-state index >= 15 is 0 Å². The highest BCUT2D eigenvalue weighted by molar-refractivity contribution is 5.93. The lowest BCUT2D eigenvalue weighted by Crippen LogP contribution is -2.34. The molecule has 25 heavy (non-hydrogen) atoms. The van der Waals surface area contributed by atoms with Gasteiger partial charge in [-0.05, 0) is 19.1 Å². The summed E-state index contributed by atoms with van der Waals surface area (Å²) in [6, 6.07) is 6.88. The Balaban J connectivity index is 1.84. The third-order valence-electron chi connectivity index (χ3n) is 3.17. The fraction of sp³-hybridized carbons (Fsp3) is 0.312. The Morgan fingerprint density at radius 2 is 1.96 bits per heavy atom. The first-order chi connectivity index (χ1) is 12.0. The van der Waals surface area contributed by atoms with E-state index in [0.717, 1.165) is 0 Å². The number of rotatable bonds is 6. The van der Waals surface area contributed by atoms with Crippen molar-refractivity contribution >= 4 is 28.9 Å². The van der Waals surface area contributed by atoms with Crippen LogP contribution in [-0.4, -0.2) is 40.7 Å². The number of benzene rings is 1. The van der Waals surface area contributed by atoms with Crippen LogP contribution in [0, 0.1) is 0 Å². The summed E-state index contributed by atoms with van der Waals surface area (Å²) in [5, 5.41) is 2.35. The molecule has 0 saturated carbocycles. The van der Waals surface area contributed by atoms with Crippen molar-refractivity contribution in [2.24, 2.45) is 0 Å². The number of hydrogen-bond acceptors (Lipinski definition) is 7. The third-order valence-corrected chi connectivity index (χ3v) is 3.17. The Labute approximate surface area is 142 Å². The second-order valence-electron chi connectivity index (χ2n) is 4.94. The number of nitrogens with zero attached hydrogens (tertiary/aromatic N) is 2. The monoisotopic (exact) mass is 347 g/mol. The first kappa shape index (κ1) is 18.1. The topological polar surface area (TPSA) is 117 Å². The highest BCUT2D eigenvalue weighted by Gasteiger charge is 2.12. The Morgan fingerprint density at radius 3 is 2.72 bits per heavy atom. The number of para-hydroxylation sites is 1. The molecule has 0 fully saturated rings.